The SMILES string of the molecule is CC(=O)c1c(O)c(C)c(O)c2c1OC1=CC(=O)/C(=C(/C)NC3CC3)C(=O)[C@@]12C. The smallest absolute Gasteiger partial charge is 0.194 e. The third kappa shape index (κ3) is 2.25. The number of Topliss-reactive ketones (excluding diaryl/α,β-unsaturated/α-hetero) is 2. The van der Waals surface area contributed by atoms with E-state index in [1.165, 1.54) is 19.9 Å². The number of allylic oxidation sites excluding steroid dienone is 4. The van der Waals surface area contributed by atoms with E-state index in [9.17, 15) is 24.6 Å². The molecule has 2 aliphatic carbocycles. The lowest BCUT2D eigenvalue weighted by atomic mass is 9.70. The number of carbonyl (C=O) groups excluding carboxylic acids is 3. The quantitative estimate of drug-likeness (QED) is 0.417. The molecule has 1 heterocycles. The Kier molecular flexibility index (Phi) is 3.72. The molecule has 0 unspecified atom stereocenters. The molecule has 1 aliphatic heterocycles. The molecule has 0 saturated heterocycles. The number of aromatic hydroxyl groups is 2. The van der Waals surface area contributed by atoms with Gasteiger partial charge in [-0.15, -0.1) is 0 Å². The Morgan fingerprint density at radius 2 is 1.86 bits per heavy atom. The van der Waals surface area contributed by atoms with Crippen molar-refractivity contribution < 1.29 is 29.3 Å². The van der Waals surface area contributed by atoms with Gasteiger partial charge in [-0.25, -0.2) is 0 Å². The van der Waals surface area contributed by atoms with Crippen LogP contribution in [0, 0.1) is 6.92 Å². The minimum Gasteiger partial charge on any atom is -0.507 e. The van der Waals surface area contributed by atoms with Crippen molar-refractivity contribution in [2.45, 2.75) is 52.0 Å². The summed E-state index contributed by atoms with van der Waals surface area (Å²) in [6, 6.07) is 0.260. The van der Waals surface area contributed by atoms with Crippen molar-refractivity contribution in [3.8, 4) is 17.2 Å². The molecule has 1 atom stereocenters. The van der Waals surface area contributed by atoms with Crippen molar-refractivity contribution in [3.63, 3.8) is 0 Å². The molecule has 7 heteroatoms. The number of phenols is 2. The van der Waals surface area contributed by atoms with Crippen LogP contribution < -0.4 is 10.1 Å². The summed E-state index contributed by atoms with van der Waals surface area (Å²) in [6.07, 6.45) is 3.20. The molecular formula is C21H21NO6. The molecule has 1 saturated carbocycles. The van der Waals surface area contributed by atoms with Gasteiger partial charge in [0, 0.05) is 23.4 Å². The van der Waals surface area contributed by atoms with Crippen LogP contribution in [0.2, 0.25) is 0 Å². The number of ketones is 3. The van der Waals surface area contributed by atoms with Gasteiger partial charge < -0.3 is 20.3 Å². The van der Waals surface area contributed by atoms with E-state index in [1.54, 1.807) is 13.8 Å². The van der Waals surface area contributed by atoms with Crippen LogP contribution in [0.5, 0.6) is 17.2 Å². The molecule has 3 aliphatic rings. The zero-order chi connectivity index (χ0) is 20.5. The Hall–Kier alpha value is -3.09. The molecule has 1 aromatic rings. The molecule has 4 rings (SSSR count). The van der Waals surface area contributed by atoms with E-state index in [4.69, 9.17) is 4.74 Å². The fourth-order valence-electron chi connectivity index (χ4n) is 3.97. The molecule has 7 nitrogen and oxygen atoms in total. The van der Waals surface area contributed by atoms with Crippen LogP contribution >= 0.6 is 0 Å². The Balaban J connectivity index is 1.98. The summed E-state index contributed by atoms with van der Waals surface area (Å²) in [7, 11) is 0. The number of nitrogens with one attached hydrogen (secondary N) is 1. The van der Waals surface area contributed by atoms with Crippen LogP contribution in [0.25, 0.3) is 0 Å². The van der Waals surface area contributed by atoms with Gasteiger partial charge in [0.2, 0.25) is 0 Å². The van der Waals surface area contributed by atoms with Gasteiger partial charge in [0.05, 0.1) is 11.1 Å². The standard InChI is InChI=1S/C21H21NO6/c1-8-17(25)15(10(3)23)19-16(18(8)26)21(4)13(28-19)7-12(24)14(20(21)27)9(2)22-11-5-6-11/h7,11,22,25-26H,5-6H2,1-4H3/b14-9+/t21-/m0/s1. The van der Waals surface area contributed by atoms with Crippen molar-refractivity contribution in [2.24, 2.45) is 0 Å². The zero-order valence-electron chi connectivity index (χ0n) is 16.1. The highest BCUT2D eigenvalue weighted by Crippen LogP contribution is 2.57. The monoisotopic (exact) mass is 383 g/mol. The first-order chi connectivity index (χ1) is 13.1. The molecule has 28 heavy (non-hydrogen) atoms. The number of fused-ring (bicyclic) bond motifs is 3. The second-order valence-electron chi connectivity index (χ2n) is 7.81. The first-order valence-electron chi connectivity index (χ1n) is 9.15. The summed E-state index contributed by atoms with van der Waals surface area (Å²) in [6.45, 7) is 5.96. The molecule has 1 aromatic carbocycles. The van der Waals surface area contributed by atoms with Crippen LogP contribution in [-0.4, -0.2) is 33.6 Å². The maximum Gasteiger partial charge on any atom is 0.194 e. The number of ether oxygens (including phenoxy) is 1. The normalized spacial score (nSPS) is 24.9. The summed E-state index contributed by atoms with van der Waals surface area (Å²) in [5.41, 5.74) is -0.877. The Labute approximate surface area is 161 Å². The number of carbonyl (C=O) groups is 3. The van der Waals surface area contributed by atoms with E-state index in [-0.39, 0.29) is 45.6 Å². The molecule has 0 spiro atoms. The third-order valence-corrected chi connectivity index (χ3v) is 5.76. The largest absolute Gasteiger partial charge is 0.507 e. The van der Waals surface area contributed by atoms with Crippen LogP contribution in [0.15, 0.2) is 23.1 Å². The fraction of sp³-hybridized carbons (Fsp3) is 0.381. The van der Waals surface area contributed by atoms with E-state index in [0.717, 1.165) is 12.8 Å². The molecule has 3 N–H and O–H groups in total. The van der Waals surface area contributed by atoms with Gasteiger partial charge in [-0.3, -0.25) is 14.4 Å². The van der Waals surface area contributed by atoms with E-state index >= 15 is 0 Å². The highest BCUT2D eigenvalue weighted by atomic mass is 16.5. The van der Waals surface area contributed by atoms with E-state index in [0.29, 0.717) is 5.70 Å². The summed E-state index contributed by atoms with van der Waals surface area (Å²) in [5, 5.41) is 24.3. The van der Waals surface area contributed by atoms with Crippen LogP contribution in [0.4, 0.5) is 0 Å². The first-order valence-corrected chi connectivity index (χ1v) is 9.15. The van der Waals surface area contributed by atoms with E-state index in [1.807, 2.05) is 0 Å². The second-order valence-corrected chi connectivity index (χ2v) is 7.81. The van der Waals surface area contributed by atoms with E-state index in [2.05, 4.69) is 5.32 Å². The number of phenolic OH excluding ortho intramolecular Hbond substituents is 2. The summed E-state index contributed by atoms with van der Waals surface area (Å²) >= 11 is 0. The van der Waals surface area contributed by atoms with Crippen molar-refractivity contribution >= 4 is 17.3 Å². The van der Waals surface area contributed by atoms with Gasteiger partial charge in [-0.1, -0.05) is 0 Å². The number of rotatable bonds is 3. The minimum atomic E-state index is -1.46. The molecule has 0 amide bonds. The number of hydrogen-bond donors (Lipinski definition) is 3. The van der Waals surface area contributed by atoms with Gasteiger partial charge in [0.1, 0.15) is 34.0 Å². The first kappa shape index (κ1) is 18.3. The third-order valence-electron chi connectivity index (χ3n) is 5.76. The molecule has 146 valence electrons. The van der Waals surface area contributed by atoms with Gasteiger partial charge >= 0.3 is 0 Å². The van der Waals surface area contributed by atoms with Gasteiger partial charge in [-0.05, 0) is 40.5 Å². The molecule has 0 radical (unpaired) electrons. The number of benzene rings is 1. The van der Waals surface area contributed by atoms with Crippen molar-refractivity contribution in [3.05, 3.63) is 39.8 Å². The minimum absolute atomic E-state index is 0.0177. The van der Waals surface area contributed by atoms with Crippen LogP contribution in [0.3, 0.4) is 0 Å². The molecule has 0 bridgehead atoms. The lowest BCUT2D eigenvalue weighted by Crippen LogP contribution is -2.41. The Morgan fingerprint density at radius 3 is 2.43 bits per heavy atom. The Bertz CT molecular complexity index is 1040. The van der Waals surface area contributed by atoms with E-state index < -0.39 is 28.5 Å². The van der Waals surface area contributed by atoms with Crippen LogP contribution in [-0.2, 0) is 15.0 Å². The topological polar surface area (TPSA) is 113 Å². The highest BCUT2D eigenvalue weighted by molar-refractivity contribution is 6.31. The molecule has 0 aromatic heterocycles. The second kappa shape index (κ2) is 5.70. The summed E-state index contributed by atoms with van der Waals surface area (Å²) < 4.78 is 5.72. The van der Waals surface area contributed by atoms with Crippen molar-refractivity contribution in [1.82, 2.24) is 5.32 Å². The summed E-state index contributed by atoms with van der Waals surface area (Å²) in [4.78, 5) is 38.3. The average Bonchev–Trinajstić information content (AvgIpc) is 3.36. The highest BCUT2D eigenvalue weighted by Gasteiger charge is 2.56. The van der Waals surface area contributed by atoms with Crippen LogP contribution in [0.1, 0.15) is 55.1 Å². The number of hydrogen-bond acceptors (Lipinski definition) is 7. The Morgan fingerprint density at radius 1 is 1.21 bits per heavy atom. The summed E-state index contributed by atoms with van der Waals surface area (Å²) in [5.74, 6) is -2.21. The lowest BCUT2D eigenvalue weighted by Gasteiger charge is -2.29. The maximum absolute atomic E-state index is 13.5. The van der Waals surface area contributed by atoms with Gasteiger partial charge in [0.15, 0.2) is 17.3 Å². The zero-order valence-corrected chi connectivity index (χ0v) is 16.1. The lowest BCUT2D eigenvalue weighted by molar-refractivity contribution is -0.123. The predicted octanol–water partition coefficient (Wildman–Crippen LogP) is 2.32. The van der Waals surface area contributed by atoms with Crippen molar-refractivity contribution in [2.75, 3.05) is 0 Å². The fourth-order valence-corrected chi connectivity index (χ4v) is 3.97. The predicted molar refractivity (Wildman–Crippen MR) is 99.4 cm³/mol. The van der Waals surface area contributed by atoms with Crippen molar-refractivity contribution in [1.29, 1.82) is 0 Å². The maximum atomic E-state index is 13.5. The van der Waals surface area contributed by atoms with Gasteiger partial charge in [0.25, 0.3) is 0 Å². The average molecular weight is 383 g/mol. The molecule has 1 fully saturated rings. The molecular weight excluding hydrogens is 362 g/mol. The van der Waals surface area contributed by atoms with Gasteiger partial charge in [-0.2, -0.15) is 0 Å².